The van der Waals surface area contributed by atoms with Gasteiger partial charge in [0.2, 0.25) is 0 Å². The van der Waals surface area contributed by atoms with Crippen LogP contribution in [0.4, 0.5) is 5.69 Å². The molecule has 4 nitrogen and oxygen atoms in total. The van der Waals surface area contributed by atoms with Crippen LogP contribution in [0, 0.1) is 5.92 Å². The first kappa shape index (κ1) is 15.5. The lowest BCUT2D eigenvalue weighted by molar-refractivity contribution is 0.0601. The van der Waals surface area contributed by atoms with Crippen molar-refractivity contribution in [2.45, 2.75) is 13.8 Å². The zero-order valence-electron chi connectivity index (χ0n) is 12.2. The number of esters is 1. The molecule has 1 rings (SSSR count). The van der Waals surface area contributed by atoms with Crippen molar-refractivity contribution in [2.75, 3.05) is 38.8 Å². The lowest BCUT2D eigenvalue weighted by Gasteiger charge is -2.21. The number of hydrogen-bond acceptors (Lipinski definition) is 4. The van der Waals surface area contributed by atoms with Crippen molar-refractivity contribution in [1.82, 2.24) is 0 Å². The van der Waals surface area contributed by atoms with Crippen LogP contribution in [0.25, 0.3) is 0 Å². The van der Waals surface area contributed by atoms with Crippen molar-refractivity contribution in [3.8, 4) is 0 Å². The predicted molar refractivity (Wildman–Crippen MR) is 76.7 cm³/mol. The van der Waals surface area contributed by atoms with Crippen LogP contribution in [0.15, 0.2) is 24.3 Å². The number of nitrogens with zero attached hydrogens (tertiary/aromatic N) is 1. The van der Waals surface area contributed by atoms with Gasteiger partial charge in [0.25, 0.3) is 0 Å². The Hall–Kier alpha value is -1.55. The monoisotopic (exact) mass is 265 g/mol. The van der Waals surface area contributed by atoms with E-state index in [1.807, 2.05) is 30.1 Å². The average Bonchev–Trinajstić information content (AvgIpc) is 2.42. The minimum atomic E-state index is -0.314. The van der Waals surface area contributed by atoms with E-state index in [0.29, 0.717) is 18.1 Å². The highest BCUT2D eigenvalue weighted by atomic mass is 16.5. The molecule has 0 unspecified atom stereocenters. The summed E-state index contributed by atoms with van der Waals surface area (Å²) >= 11 is 0. The Balaban J connectivity index is 2.61. The van der Waals surface area contributed by atoms with Gasteiger partial charge in [0.05, 0.1) is 25.0 Å². The van der Waals surface area contributed by atoms with Gasteiger partial charge in [-0.3, -0.25) is 0 Å². The number of hydrogen-bond donors (Lipinski definition) is 0. The fraction of sp³-hybridized carbons (Fsp3) is 0.533. The molecule has 0 saturated heterocycles. The molecule has 0 saturated carbocycles. The summed E-state index contributed by atoms with van der Waals surface area (Å²) in [6.07, 6.45) is 0. The highest BCUT2D eigenvalue weighted by molar-refractivity contribution is 5.95. The van der Waals surface area contributed by atoms with Crippen molar-refractivity contribution < 1.29 is 14.3 Å². The quantitative estimate of drug-likeness (QED) is 0.561. The largest absolute Gasteiger partial charge is 0.465 e. The standard InChI is InChI=1S/C15H23NO3/c1-12(2)11-19-10-9-16(3)14-8-6-5-7-13(14)15(17)18-4/h5-8,12H,9-11H2,1-4H3. The molecule has 0 amide bonds. The van der Waals surface area contributed by atoms with Gasteiger partial charge < -0.3 is 14.4 Å². The van der Waals surface area contributed by atoms with E-state index >= 15 is 0 Å². The Morgan fingerprint density at radius 2 is 2.00 bits per heavy atom. The number of anilines is 1. The number of para-hydroxylation sites is 1. The first-order chi connectivity index (χ1) is 9.06. The number of likely N-dealkylation sites (N-methyl/N-ethyl adjacent to an activating group) is 1. The molecular formula is C15H23NO3. The number of benzene rings is 1. The van der Waals surface area contributed by atoms with Crippen LogP contribution in [-0.2, 0) is 9.47 Å². The van der Waals surface area contributed by atoms with Crippen LogP contribution in [0.3, 0.4) is 0 Å². The van der Waals surface area contributed by atoms with E-state index in [2.05, 4.69) is 13.8 Å². The van der Waals surface area contributed by atoms with Crippen molar-refractivity contribution in [2.24, 2.45) is 5.92 Å². The molecule has 0 aliphatic carbocycles. The number of carbonyl (C=O) groups excluding carboxylic acids is 1. The first-order valence-corrected chi connectivity index (χ1v) is 6.52. The Bertz CT molecular complexity index is 404. The molecule has 0 spiro atoms. The predicted octanol–water partition coefficient (Wildman–Crippen LogP) is 2.58. The molecule has 0 radical (unpaired) electrons. The van der Waals surface area contributed by atoms with Gasteiger partial charge in [0, 0.05) is 20.2 Å². The molecular weight excluding hydrogens is 242 g/mol. The molecule has 0 fully saturated rings. The molecule has 4 heteroatoms. The zero-order valence-corrected chi connectivity index (χ0v) is 12.2. The van der Waals surface area contributed by atoms with Gasteiger partial charge in [-0.05, 0) is 18.1 Å². The Morgan fingerprint density at radius 3 is 2.63 bits per heavy atom. The van der Waals surface area contributed by atoms with Gasteiger partial charge in [0.15, 0.2) is 0 Å². The number of rotatable bonds is 7. The molecule has 0 bridgehead atoms. The van der Waals surface area contributed by atoms with E-state index in [9.17, 15) is 4.79 Å². The van der Waals surface area contributed by atoms with Gasteiger partial charge in [-0.15, -0.1) is 0 Å². The average molecular weight is 265 g/mol. The number of ether oxygens (including phenoxy) is 2. The van der Waals surface area contributed by atoms with Gasteiger partial charge in [0.1, 0.15) is 0 Å². The SMILES string of the molecule is COC(=O)c1ccccc1N(C)CCOCC(C)C. The van der Waals surface area contributed by atoms with Crippen molar-refractivity contribution >= 4 is 11.7 Å². The third-order valence-electron chi connectivity index (χ3n) is 2.74. The van der Waals surface area contributed by atoms with Crippen LogP contribution < -0.4 is 4.90 Å². The zero-order chi connectivity index (χ0) is 14.3. The van der Waals surface area contributed by atoms with Gasteiger partial charge in [-0.25, -0.2) is 4.79 Å². The molecule has 0 aliphatic rings. The summed E-state index contributed by atoms with van der Waals surface area (Å²) in [7, 11) is 3.34. The van der Waals surface area contributed by atoms with Crippen LogP contribution in [0.5, 0.6) is 0 Å². The molecule has 1 aromatic rings. The summed E-state index contributed by atoms with van der Waals surface area (Å²) in [4.78, 5) is 13.7. The maximum Gasteiger partial charge on any atom is 0.339 e. The molecule has 0 aliphatic heterocycles. The highest BCUT2D eigenvalue weighted by Crippen LogP contribution is 2.19. The molecule has 0 N–H and O–H groups in total. The summed E-state index contributed by atoms with van der Waals surface area (Å²) in [6.45, 7) is 6.38. The fourth-order valence-corrected chi connectivity index (χ4v) is 1.73. The third kappa shape index (κ3) is 4.91. The summed E-state index contributed by atoms with van der Waals surface area (Å²) in [5.74, 6) is 0.221. The summed E-state index contributed by atoms with van der Waals surface area (Å²) < 4.78 is 10.3. The molecule has 0 heterocycles. The summed E-state index contributed by atoms with van der Waals surface area (Å²) in [6, 6.07) is 7.42. The molecule has 0 atom stereocenters. The maximum absolute atomic E-state index is 11.7. The van der Waals surface area contributed by atoms with Crippen LogP contribution in [0.1, 0.15) is 24.2 Å². The maximum atomic E-state index is 11.7. The van der Waals surface area contributed by atoms with E-state index in [-0.39, 0.29) is 5.97 Å². The Kier molecular flexibility index (Phi) is 6.36. The third-order valence-corrected chi connectivity index (χ3v) is 2.74. The second-order valence-corrected chi connectivity index (χ2v) is 4.90. The van der Waals surface area contributed by atoms with E-state index in [4.69, 9.17) is 9.47 Å². The number of carbonyl (C=O) groups is 1. The molecule has 0 aromatic heterocycles. The minimum absolute atomic E-state index is 0.314. The van der Waals surface area contributed by atoms with Crippen LogP contribution in [-0.4, -0.2) is 39.9 Å². The van der Waals surface area contributed by atoms with E-state index in [0.717, 1.165) is 18.8 Å². The smallest absolute Gasteiger partial charge is 0.339 e. The normalized spacial score (nSPS) is 10.6. The van der Waals surface area contributed by atoms with Crippen molar-refractivity contribution in [3.63, 3.8) is 0 Å². The van der Waals surface area contributed by atoms with E-state index in [1.165, 1.54) is 7.11 Å². The second kappa shape index (κ2) is 7.79. The van der Waals surface area contributed by atoms with Crippen molar-refractivity contribution in [1.29, 1.82) is 0 Å². The molecule has 106 valence electrons. The fourth-order valence-electron chi connectivity index (χ4n) is 1.73. The van der Waals surface area contributed by atoms with E-state index in [1.54, 1.807) is 6.07 Å². The van der Waals surface area contributed by atoms with Gasteiger partial charge in [-0.2, -0.15) is 0 Å². The topological polar surface area (TPSA) is 38.8 Å². The van der Waals surface area contributed by atoms with E-state index < -0.39 is 0 Å². The van der Waals surface area contributed by atoms with Crippen molar-refractivity contribution in [3.05, 3.63) is 29.8 Å². The number of methoxy groups -OCH3 is 1. The summed E-state index contributed by atoms with van der Waals surface area (Å²) in [5, 5.41) is 0. The lowest BCUT2D eigenvalue weighted by atomic mass is 10.1. The first-order valence-electron chi connectivity index (χ1n) is 6.52. The second-order valence-electron chi connectivity index (χ2n) is 4.90. The minimum Gasteiger partial charge on any atom is -0.465 e. The van der Waals surface area contributed by atoms with Gasteiger partial charge in [-0.1, -0.05) is 26.0 Å². The van der Waals surface area contributed by atoms with Crippen LogP contribution in [0.2, 0.25) is 0 Å². The Morgan fingerprint density at radius 1 is 1.32 bits per heavy atom. The van der Waals surface area contributed by atoms with Crippen LogP contribution >= 0.6 is 0 Å². The highest BCUT2D eigenvalue weighted by Gasteiger charge is 2.13. The molecule has 1 aromatic carbocycles. The summed E-state index contributed by atoms with van der Waals surface area (Å²) in [5.41, 5.74) is 1.44. The lowest BCUT2D eigenvalue weighted by Crippen LogP contribution is -2.25. The van der Waals surface area contributed by atoms with Gasteiger partial charge >= 0.3 is 5.97 Å². The molecule has 19 heavy (non-hydrogen) atoms. The Labute approximate surface area is 115 Å².